The van der Waals surface area contributed by atoms with Crippen molar-refractivity contribution < 1.29 is 0 Å². The topological polar surface area (TPSA) is 46.1 Å². The highest BCUT2D eigenvalue weighted by atomic mass is 127. The van der Waals surface area contributed by atoms with Gasteiger partial charge in [-0.05, 0) is 39.2 Å². The van der Waals surface area contributed by atoms with Gasteiger partial charge in [-0.1, -0.05) is 13.8 Å². The number of aliphatic imine (C=N–C) groups is 1. The summed E-state index contributed by atoms with van der Waals surface area (Å²) >= 11 is 0. The van der Waals surface area contributed by atoms with Gasteiger partial charge in [0.1, 0.15) is 0 Å². The van der Waals surface area contributed by atoms with Gasteiger partial charge in [0, 0.05) is 71.5 Å². The van der Waals surface area contributed by atoms with Crippen molar-refractivity contribution in [3.8, 4) is 0 Å². The molecule has 2 aliphatic heterocycles. The molecule has 0 aromatic carbocycles. The minimum absolute atomic E-state index is 0. The normalized spacial score (nSPS) is 22.5. The number of nitrogens with one attached hydrogen (secondary N) is 2. The molecule has 0 amide bonds. The van der Waals surface area contributed by atoms with Crippen LogP contribution < -0.4 is 10.6 Å². The van der Waals surface area contributed by atoms with Crippen molar-refractivity contribution in [3.63, 3.8) is 0 Å². The molecule has 2 heterocycles. The number of likely N-dealkylation sites (N-methyl/N-ethyl adjacent to an activating group) is 1. The smallest absolute Gasteiger partial charge is 0.191 e. The monoisotopic (exact) mass is 494 g/mol. The Balaban J connectivity index is 0.00000364. The van der Waals surface area contributed by atoms with Crippen molar-refractivity contribution in [2.24, 2.45) is 10.9 Å². The first-order valence-corrected chi connectivity index (χ1v) is 10.7. The van der Waals surface area contributed by atoms with Crippen LogP contribution in [0.2, 0.25) is 0 Å². The van der Waals surface area contributed by atoms with Gasteiger partial charge < -0.3 is 25.3 Å². The number of piperazine rings is 1. The number of guanidine groups is 1. The van der Waals surface area contributed by atoms with Crippen LogP contribution in [0.1, 0.15) is 40.5 Å². The maximum atomic E-state index is 4.44. The Morgan fingerprint density at radius 1 is 1.00 bits per heavy atom. The third-order valence-electron chi connectivity index (χ3n) is 5.92. The summed E-state index contributed by atoms with van der Waals surface area (Å²) in [6.45, 7) is 19.7. The first-order valence-electron chi connectivity index (χ1n) is 10.7. The lowest BCUT2D eigenvalue weighted by molar-refractivity contribution is 0.124. The second-order valence-electron chi connectivity index (χ2n) is 8.34. The highest BCUT2D eigenvalue weighted by molar-refractivity contribution is 14.0. The van der Waals surface area contributed by atoms with Gasteiger partial charge in [-0.15, -0.1) is 24.0 Å². The summed E-state index contributed by atoms with van der Waals surface area (Å²) in [5.74, 6) is 1.60. The molecular formula is C20H43IN6. The van der Waals surface area contributed by atoms with Gasteiger partial charge in [-0.3, -0.25) is 4.99 Å². The molecule has 0 spiro atoms. The number of rotatable bonds is 7. The number of likely N-dealkylation sites (tertiary alicyclic amines) is 1. The molecule has 0 aromatic rings. The number of hydrogen-bond acceptors (Lipinski definition) is 4. The van der Waals surface area contributed by atoms with E-state index in [1.54, 1.807) is 0 Å². The number of hydrogen-bond donors (Lipinski definition) is 2. The van der Waals surface area contributed by atoms with Crippen LogP contribution in [-0.4, -0.2) is 98.7 Å². The second kappa shape index (κ2) is 13.2. The Kier molecular flexibility index (Phi) is 12.2. The molecule has 1 unspecified atom stereocenters. The molecule has 0 radical (unpaired) electrons. The molecule has 2 saturated heterocycles. The van der Waals surface area contributed by atoms with Gasteiger partial charge in [-0.2, -0.15) is 0 Å². The Hall–Kier alpha value is -0.120. The maximum Gasteiger partial charge on any atom is 0.191 e. The van der Waals surface area contributed by atoms with Crippen LogP contribution in [0.5, 0.6) is 0 Å². The van der Waals surface area contributed by atoms with Crippen LogP contribution in [0.4, 0.5) is 0 Å². The molecule has 0 aliphatic carbocycles. The van der Waals surface area contributed by atoms with Gasteiger partial charge in [-0.25, -0.2) is 0 Å². The van der Waals surface area contributed by atoms with E-state index in [0.29, 0.717) is 18.0 Å². The fourth-order valence-electron chi connectivity index (χ4n) is 4.01. The summed E-state index contributed by atoms with van der Waals surface area (Å²) in [6, 6.07) is 1.21. The molecule has 1 atom stereocenters. The third kappa shape index (κ3) is 8.83. The van der Waals surface area contributed by atoms with E-state index >= 15 is 0 Å². The van der Waals surface area contributed by atoms with Gasteiger partial charge in [0.15, 0.2) is 5.96 Å². The summed E-state index contributed by atoms with van der Waals surface area (Å²) in [5, 5.41) is 7.18. The van der Waals surface area contributed by atoms with E-state index in [0.717, 1.165) is 12.5 Å². The molecule has 2 aliphatic rings. The van der Waals surface area contributed by atoms with Gasteiger partial charge in [0.25, 0.3) is 0 Å². The quantitative estimate of drug-likeness (QED) is 0.322. The summed E-state index contributed by atoms with van der Waals surface area (Å²) in [7, 11) is 1.88. The predicted octanol–water partition coefficient (Wildman–Crippen LogP) is 1.92. The largest absolute Gasteiger partial charge is 0.356 e. The molecular weight excluding hydrogens is 451 g/mol. The lowest BCUT2D eigenvalue weighted by Crippen LogP contribution is -2.51. The fraction of sp³-hybridized carbons (Fsp3) is 0.950. The summed E-state index contributed by atoms with van der Waals surface area (Å²) in [5.41, 5.74) is 0. The van der Waals surface area contributed by atoms with Crippen molar-refractivity contribution in [1.82, 2.24) is 25.3 Å². The third-order valence-corrected chi connectivity index (χ3v) is 5.92. The Labute approximate surface area is 184 Å². The predicted molar refractivity (Wildman–Crippen MR) is 127 cm³/mol. The van der Waals surface area contributed by atoms with E-state index in [2.05, 4.69) is 58.0 Å². The van der Waals surface area contributed by atoms with Crippen LogP contribution in [0, 0.1) is 5.92 Å². The highest BCUT2D eigenvalue weighted by Crippen LogP contribution is 2.12. The highest BCUT2D eigenvalue weighted by Gasteiger charge is 2.22. The average molecular weight is 495 g/mol. The molecule has 7 heteroatoms. The zero-order valence-corrected chi connectivity index (χ0v) is 20.5. The van der Waals surface area contributed by atoms with Crippen molar-refractivity contribution >= 4 is 29.9 Å². The number of nitrogens with zero attached hydrogens (tertiary/aromatic N) is 4. The minimum Gasteiger partial charge on any atom is -0.356 e. The first-order chi connectivity index (χ1) is 12.5. The van der Waals surface area contributed by atoms with Crippen LogP contribution in [0.15, 0.2) is 4.99 Å². The van der Waals surface area contributed by atoms with Crippen molar-refractivity contribution in [3.05, 3.63) is 0 Å². The molecule has 6 nitrogen and oxygen atoms in total. The average Bonchev–Trinajstić information content (AvgIpc) is 2.66. The molecule has 2 rings (SSSR count). The second-order valence-corrected chi connectivity index (χ2v) is 8.34. The molecule has 2 N–H and O–H groups in total. The summed E-state index contributed by atoms with van der Waals surface area (Å²) in [6.07, 6.45) is 2.41. The van der Waals surface area contributed by atoms with Crippen LogP contribution in [-0.2, 0) is 0 Å². The van der Waals surface area contributed by atoms with Crippen molar-refractivity contribution in [2.75, 3.05) is 66.0 Å². The maximum absolute atomic E-state index is 4.44. The summed E-state index contributed by atoms with van der Waals surface area (Å²) in [4.78, 5) is 12.1. The van der Waals surface area contributed by atoms with E-state index in [9.17, 15) is 0 Å². The van der Waals surface area contributed by atoms with Crippen molar-refractivity contribution in [1.29, 1.82) is 0 Å². The van der Waals surface area contributed by atoms with E-state index in [1.165, 1.54) is 65.2 Å². The van der Waals surface area contributed by atoms with E-state index < -0.39 is 0 Å². The molecule has 0 bridgehead atoms. The Morgan fingerprint density at radius 3 is 2.11 bits per heavy atom. The number of piperidine rings is 1. The number of halogens is 1. The first kappa shape index (κ1) is 24.9. The lowest BCUT2D eigenvalue weighted by Gasteiger charge is -2.36. The summed E-state index contributed by atoms with van der Waals surface area (Å²) < 4.78 is 0. The molecule has 2 fully saturated rings. The zero-order chi connectivity index (χ0) is 18.9. The SMILES string of the molecule is CCN1CCN(CC(C)CNC(=NC)NC2CCN(C(C)C)CC2)CC1.I. The molecule has 0 saturated carbocycles. The van der Waals surface area contributed by atoms with E-state index in [4.69, 9.17) is 0 Å². The van der Waals surface area contributed by atoms with E-state index in [-0.39, 0.29) is 24.0 Å². The Morgan fingerprint density at radius 2 is 1.59 bits per heavy atom. The fourth-order valence-corrected chi connectivity index (χ4v) is 4.01. The standard InChI is InChI=1S/C20H42N6.HI/c1-6-24-11-13-25(14-12-24)16-18(4)15-22-20(21-5)23-19-7-9-26(10-8-19)17(2)3;/h17-19H,6-16H2,1-5H3,(H2,21,22,23);1H. The van der Waals surface area contributed by atoms with Gasteiger partial charge in [0.2, 0.25) is 0 Å². The minimum atomic E-state index is 0. The van der Waals surface area contributed by atoms with E-state index in [1.807, 2.05) is 7.05 Å². The van der Waals surface area contributed by atoms with Gasteiger partial charge >= 0.3 is 0 Å². The van der Waals surface area contributed by atoms with Gasteiger partial charge in [0.05, 0.1) is 0 Å². The molecule has 0 aromatic heterocycles. The Bertz CT molecular complexity index is 415. The van der Waals surface area contributed by atoms with Crippen LogP contribution in [0.25, 0.3) is 0 Å². The zero-order valence-electron chi connectivity index (χ0n) is 18.2. The lowest BCUT2D eigenvalue weighted by atomic mass is 10.0. The van der Waals surface area contributed by atoms with Crippen LogP contribution >= 0.6 is 24.0 Å². The molecule has 160 valence electrons. The van der Waals surface area contributed by atoms with Crippen LogP contribution in [0.3, 0.4) is 0 Å². The van der Waals surface area contributed by atoms with Crippen molar-refractivity contribution in [2.45, 2.75) is 52.6 Å². The molecule has 27 heavy (non-hydrogen) atoms.